The average Bonchev–Trinajstić information content (AvgIpc) is 2.87. The lowest BCUT2D eigenvalue weighted by Gasteiger charge is -2.19. The van der Waals surface area contributed by atoms with Gasteiger partial charge in [-0.15, -0.1) is 0 Å². The summed E-state index contributed by atoms with van der Waals surface area (Å²) in [4.78, 5) is 54.1. The number of nitrogens with one attached hydrogen (secondary N) is 1. The van der Waals surface area contributed by atoms with Crippen molar-refractivity contribution in [2.24, 2.45) is 0 Å². The van der Waals surface area contributed by atoms with E-state index in [0.717, 1.165) is 12.1 Å². The van der Waals surface area contributed by atoms with Gasteiger partial charge in [-0.3, -0.25) is 29.0 Å². The first-order valence-electron chi connectivity index (χ1n) is 7.75. The summed E-state index contributed by atoms with van der Waals surface area (Å²) >= 11 is 5.85. The van der Waals surface area contributed by atoms with Crippen molar-refractivity contribution in [3.05, 3.63) is 48.1 Å². The number of H-pyrrole nitrogens is 1. The highest BCUT2D eigenvalue weighted by atomic mass is 35.5. The third-order valence-electron chi connectivity index (χ3n) is 4.20. The Kier molecular flexibility index (Phi) is 5.64. The summed E-state index contributed by atoms with van der Waals surface area (Å²) in [5.74, 6) is 0. The number of nitrogens with zero attached hydrogens (tertiary/aromatic N) is 2. The van der Waals surface area contributed by atoms with Crippen LogP contribution < -0.4 is 11.2 Å². The zero-order valence-corrected chi connectivity index (χ0v) is 15.7. The van der Waals surface area contributed by atoms with Gasteiger partial charge < -0.3 is 24.7 Å². The van der Waals surface area contributed by atoms with E-state index in [1.807, 2.05) is 4.98 Å². The number of ether oxygens (including phenoxy) is 1. The lowest BCUT2D eigenvalue weighted by molar-refractivity contribution is -0.384. The molecule has 0 unspecified atom stereocenters. The third kappa shape index (κ3) is 4.10. The summed E-state index contributed by atoms with van der Waals surface area (Å²) in [6.07, 6.45) is -6.56. The number of nitro benzene ring substituents is 1. The lowest BCUT2D eigenvalue weighted by Crippen LogP contribution is -2.38. The van der Waals surface area contributed by atoms with Crippen LogP contribution in [-0.4, -0.2) is 59.4 Å². The van der Waals surface area contributed by atoms with E-state index >= 15 is 0 Å². The molecule has 0 bridgehead atoms. The SMILES string of the molecule is O=c1[nH]c(=O)n([C@@H]2O[C@H](COP(=O)(O)O)[C@H](O)[C@H]2O)c2cc(Cl)c([N+](=O)[O-])cc12. The second kappa shape index (κ2) is 7.59. The van der Waals surface area contributed by atoms with Crippen LogP contribution in [0.5, 0.6) is 0 Å². The standard InChI is InChI=1S/C13H13ClN3O11P/c14-5-2-6-4(1-7(5)17(22)23)11(20)15-13(21)16(6)12-10(19)9(18)8(28-12)3-27-29(24,25)26/h1-2,8-10,12,18-19H,3H2,(H,15,20,21)(H2,24,25,26)/t8-,9+,10-,12-/m1/s1. The highest BCUT2D eigenvalue weighted by Gasteiger charge is 2.45. The van der Waals surface area contributed by atoms with E-state index in [-0.39, 0.29) is 10.9 Å². The Morgan fingerprint density at radius 3 is 2.55 bits per heavy atom. The first-order chi connectivity index (χ1) is 13.4. The van der Waals surface area contributed by atoms with Gasteiger partial charge in [0, 0.05) is 6.07 Å². The van der Waals surface area contributed by atoms with Gasteiger partial charge in [0.15, 0.2) is 6.23 Å². The second-order valence-electron chi connectivity index (χ2n) is 6.04. The first-order valence-corrected chi connectivity index (χ1v) is 9.65. The Hall–Kier alpha value is -2.16. The molecule has 16 heteroatoms. The van der Waals surface area contributed by atoms with Crippen molar-refractivity contribution in [2.45, 2.75) is 24.5 Å². The predicted octanol–water partition coefficient (Wildman–Crippen LogP) is -1.02. The van der Waals surface area contributed by atoms with Crippen molar-refractivity contribution in [2.75, 3.05) is 6.61 Å². The number of phosphoric ester groups is 1. The number of halogens is 1. The van der Waals surface area contributed by atoms with Gasteiger partial charge in [-0.2, -0.15) is 0 Å². The topological polar surface area (TPSA) is 214 Å². The molecule has 0 radical (unpaired) electrons. The van der Waals surface area contributed by atoms with Gasteiger partial charge in [0.05, 0.1) is 22.4 Å². The minimum Gasteiger partial charge on any atom is -0.387 e. The van der Waals surface area contributed by atoms with E-state index in [1.54, 1.807) is 0 Å². The van der Waals surface area contributed by atoms with Gasteiger partial charge in [-0.05, 0) is 6.07 Å². The van der Waals surface area contributed by atoms with Crippen LogP contribution in [0, 0.1) is 10.1 Å². The Morgan fingerprint density at radius 2 is 1.97 bits per heavy atom. The molecule has 1 aliphatic heterocycles. The van der Waals surface area contributed by atoms with Crippen molar-refractivity contribution in [1.29, 1.82) is 0 Å². The van der Waals surface area contributed by atoms with Crippen molar-refractivity contribution in [1.82, 2.24) is 9.55 Å². The maximum absolute atomic E-state index is 12.3. The van der Waals surface area contributed by atoms with Gasteiger partial charge >= 0.3 is 13.5 Å². The zero-order chi connectivity index (χ0) is 21.7. The van der Waals surface area contributed by atoms with E-state index in [9.17, 15) is 34.5 Å². The molecular formula is C13H13ClN3O11P. The minimum atomic E-state index is -4.90. The molecule has 1 aromatic heterocycles. The Bertz CT molecular complexity index is 1140. The van der Waals surface area contributed by atoms with E-state index in [1.165, 1.54) is 0 Å². The van der Waals surface area contributed by atoms with Gasteiger partial charge in [0.1, 0.15) is 23.3 Å². The van der Waals surface area contributed by atoms with Crippen LogP contribution in [0.25, 0.3) is 10.9 Å². The zero-order valence-electron chi connectivity index (χ0n) is 14.0. The summed E-state index contributed by atoms with van der Waals surface area (Å²) < 4.78 is 21.1. The Labute approximate surface area is 164 Å². The average molecular weight is 454 g/mol. The molecule has 0 saturated carbocycles. The van der Waals surface area contributed by atoms with Crippen molar-refractivity contribution in [3.63, 3.8) is 0 Å². The van der Waals surface area contributed by atoms with E-state index in [2.05, 4.69) is 4.52 Å². The molecule has 2 heterocycles. The number of aromatic nitrogens is 2. The summed E-state index contributed by atoms with van der Waals surface area (Å²) in [7, 11) is -4.90. The number of hydrogen-bond acceptors (Lipinski definition) is 9. The number of aliphatic hydroxyl groups is 2. The molecule has 14 nitrogen and oxygen atoms in total. The lowest BCUT2D eigenvalue weighted by atomic mass is 10.1. The van der Waals surface area contributed by atoms with Crippen LogP contribution >= 0.6 is 19.4 Å². The number of aliphatic hydroxyl groups excluding tert-OH is 2. The smallest absolute Gasteiger partial charge is 0.387 e. The van der Waals surface area contributed by atoms with Gasteiger partial charge in [0.2, 0.25) is 0 Å². The van der Waals surface area contributed by atoms with E-state index in [4.69, 9.17) is 26.1 Å². The number of fused-ring (bicyclic) bond motifs is 1. The third-order valence-corrected chi connectivity index (χ3v) is 4.99. The highest BCUT2D eigenvalue weighted by Crippen LogP contribution is 2.39. The number of hydrogen-bond donors (Lipinski definition) is 5. The molecule has 158 valence electrons. The number of nitro groups is 1. The first kappa shape index (κ1) is 21.5. The molecule has 0 aliphatic carbocycles. The largest absolute Gasteiger partial charge is 0.469 e. The predicted molar refractivity (Wildman–Crippen MR) is 94.4 cm³/mol. The van der Waals surface area contributed by atoms with Gasteiger partial charge in [-0.1, -0.05) is 11.6 Å². The molecule has 0 amide bonds. The molecule has 4 atom stereocenters. The summed E-state index contributed by atoms with van der Waals surface area (Å²) in [5, 5.41) is 30.6. The molecule has 29 heavy (non-hydrogen) atoms. The van der Waals surface area contributed by atoms with Crippen LogP contribution in [-0.2, 0) is 13.8 Å². The second-order valence-corrected chi connectivity index (χ2v) is 7.69. The summed E-state index contributed by atoms with van der Waals surface area (Å²) in [6.45, 7) is -0.818. The molecule has 1 aliphatic rings. The van der Waals surface area contributed by atoms with Crippen molar-refractivity contribution in [3.8, 4) is 0 Å². The normalized spacial score (nSPS) is 24.9. The maximum Gasteiger partial charge on any atom is 0.469 e. The van der Waals surface area contributed by atoms with Crippen LogP contribution in [0.2, 0.25) is 5.02 Å². The summed E-state index contributed by atoms with van der Waals surface area (Å²) in [6, 6.07) is 1.78. The fourth-order valence-electron chi connectivity index (χ4n) is 2.91. The molecule has 3 rings (SSSR count). The number of rotatable bonds is 5. The molecule has 1 saturated heterocycles. The quantitative estimate of drug-likeness (QED) is 0.210. The van der Waals surface area contributed by atoms with Crippen molar-refractivity contribution >= 4 is 36.0 Å². The van der Waals surface area contributed by atoms with Crippen molar-refractivity contribution < 1.29 is 38.7 Å². The fraction of sp³-hybridized carbons (Fsp3) is 0.385. The van der Waals surface area contributed by atoms with Gasteiger partial charge in [0.25, 0.3) is 11.2 Å². The highest BCUT2D eigenvalue weighted by molar-refractivity contribution is 7.46. The summed E-state index contributed by atoms with van der Waals surface area (Å²) in [5.41, 5.74) is -2.88. The number of benzene rings is 1. The Morgan fingerprint density at radius 1 is 1.31 bits per heavy atom. The minimum absolute atomic E-state index is 0.234. The van der Waals surface area contributed by atoms with E-state index in [0.29, 0.717) is 4.57 Å². The molecule has 5 N–H and O–H groups in total. The molecular weight excluding hydrogens is 441 g/mol. The molecule has 1 fully saturated rings. The Balaban J connectivity index is 2.11. The molecule has 0 spiro atoms. The number of phosphoric acid groups is 1. The van der Waals surface area contributed by atoms with Crippen LogP contribution in [0.1, 0.15) is 6.23 Å². The molecule has 1 aromatic carbocycles. The number of aromatic amines is 1. The maximum atomic E-state index is 12.3. The van der Waals surface area contributed by atoms with Gasteiger partial charge in [-0.25, -0.2) is 9.36 Å². The van der Waals surface area contributed by atoms with Crippen LogP contribution in [0.4, 0.5) is 5.69 Å². The fourth-order valence-corrected chi connectivity index (χ4v) is 3.48. The van der Waals surface area contributed by atoms with Crippen LogP contribution in [0.3, 0.4) is 0 Å². The van der Waals surface area contributed by atoms with E-state index < -0.39 is 65.9 Å². The monoisotopic (exact) mass is 453 g/mol. The molecule has 2 aromatic rings. The van der Waals surface area contributed by atoms with Crippen LogP contribution in [0.15, 0.2) is 21.7 Å².